The summed E-state index contributed by atoms with van der Waals surface area (Å²) in [7, 11) is 0. The molecule has 0 aliphatic rings. The molecule has 0 spiro atoms. The zero-order valence-electron chi connectivity index (χ0n) is 6.85. The van der Waals surface area contributed by atoms with Gasteiger partial charge in [0, 0.05) is 0 Å². The fourth-order valence-corrected chi connectivity index (χ4v) is 1.28. The summed E-state index contributed by atoms with van der Waals surface area (Å²) < 4.78 is 0.677. The number of hydrogen-bond acceptors (Lipinski definition) is 4. The van der Waals surface area contributed by atoms with Crippen molar-refractivity contribution >= 4 is 27.5 Å². The molecule has 2 rings (SSSR count). The van der Waals surface area contributed by atoms with Gasteiger partial charge < -0.3 is 0 Å². The van der Waals surface area contributed by atoms with Crippen LogP contribution in [0.1, 0.15) is 0 Å². The Morgan fingerprint density at radius 3 is 2.57 bits per heavy atom. The Balaban J connectivity index is 2.44. The van der Waals surface area contributed by atoms with Gasteiger partial charge in [0.05, 0.1) is 12.4 Å². The van der Waals surface area contributed by atoms with Gasteiger partial charge in [0.1, 0.15) is 21.1 Å². The highest BCUT2D eigenvalue weighted by Crippen LogP contribution is 2.15. The average molecular weight is 272 g/mol. The molecule has 0 saturated heterocycles. The second kappa shape index (κ2) is 3.98. The molecule has 0 aliphatic heterocycles. The molecule has 0 amide bonds. The molecule has 4 nitrogen and oxygen atoms in total. The Hall–Kier alpha value is -1.07. The molecule has 2 aromatic rings. The van der Waals surface area contributed by atoms with Crippen LogP contribution >= 0.6 is 27.5 Å². The summed E-state index contributed by atoms with van der Waals surface area (Å²) in [6.07, 6.45) is 3.06. The third-order valence-electron chi connectivity index (χ3n) is 1.50. The van der Waals surface area contributed by atoms with Crippen molar-refractivity contribution in [3.63, 3.8) is 0 Å². The molecule has 6 heteroatoms. The maximum absolute atomic E-state index is 5.69. The van der Waals surface area contributed by atoms with Gasteiger partial charge in [-0.1, -0.05) is 11.6 Å². The molecule has 0 aromatic carbocycles. The number of rotatable bonds is 1. The smallest absolute Gasteiger partial charge is 0.148 e. The lowest BCUT2D eigenvalue weighted by atomic mass is 10.3. The minimum absolute atomic E-state index is 0.340. The van der Waals surface area contributed by atoms with E-state index in [2.05, 4.69) is 36.1 Å². The first-order valence-electron chi connectivity index (χ1n) is 3.73. The molecule has 0 N–H and O–H groups in total. The summed E-state index contributed by atoms with van der Waals surface area (Å²) in [6, 6.07) is 3.57. The Bertz CT molecular complexity index is 445. The van der Waals surface area contributed by atoms with E-state index in [1.165, 1.54) is 6.20 Å². The second-order valence-electron chi connectivity index (χ2n) is 2.47. The standard InChI is InChI=1S/C8H4BrClN4/c9-7-2-1-5(13-14-7)6-3-11-4-8(10)12-6/h1-4H. The summed E-state index contributed by atoms with van der Waals surface area (Å²) in [6.45, 7) is 0. The average Bonchev–Trinajstić information content (AvgIpc) is 2.19. The molecule has 2 heterocycles. The van der Waals surface area contributed by atoms with Crippen molar-refractivity contribution in [1.82, 2.24) is 20.2 Å². The summed E-state index contributed by atoms with van der Waals surface area (Å²) in [5, 5.41) is 8.11. The van der Waals surface area contributed by atoms with Crippen LogP contribution in [0.25, 0.3) is 11.4 Å². The van der Waals surface area contributed by atoms with Crippen molar-refractivity contribution in [1.29, 1.82) is 0 Å². The van der Waals surface area contributed by atoms with Crippen LogP contribution in [0.15, 0.2) is 29.1 Å². The molecule has 0 unspecified atom stereocenters. The number of halogens is 2. The summed E-state index contributed by atoms with van der Waals surface area (Å²) >= 11 is 8.89. The van der Waals surface area contributed by atoms with Gasteiger partial charge in [0.2, 0.25) is 0 Å². The summed E-state index contributed by atoms with van der Waals surface area (Å²) in [5.41, 5.74) is 1.25. The Morgan fingerprint density at radius 2 is 1.93 bits per heavy atom. The van der Waals surface area contributed by atoms with Crippen LogP contribution in [-0.2, 0) is 0 Å². The molecule has 0 radical (unpaired) electrons. The van der Waals surface area contributed by atoms with Gasteiger partial charge in [-0.25, -0.2) is 4.98 Å². The first-order valence-corrected chi connectivity index (χ1v) is 4.90. The first kappa shape index (κ1) is 9.48. The van der Waals surface area contributed by atoms with E-state index in [9.17, 15) is 0 Å². The first-order chi connectivity index (χ1) is 6.75. The van der Waals surface area contributed by atoms with E-state index >= 15 is 0 Å². The van der Waals surface area contributed by atoms with Crippen LogP contribution < -0.4 is 0 Å². The van der Waals surface area contributed by atoms with E-state index in [1.54, 1.807) is 18.3 Å². The van der Waals surface area contributed by atoms with Gasteiger partial charge >= 0.3 is 0 Å². The van der Waals surface area contributed by atoms with Gasteiger partial charge in [0.15, 0.2) is 0 Å². The van der Waals surface area contributed by atoms with Crippen LogP contribution in [0.4, 0.5) is 0 Å². The maximum Gasteiger partial charge on any atom is 0.148 e. The lowest BCUT2D eigenvalue weighted by molar-refractivity contribution is 1.00. The van der Waals surface area contributed by atoms with Gasteiger partial charge in [-0.05, 0) is 28.1 Å². The van der Waals surface area contributed by atoms with E-state index in [4.69, 9.17) is 11.6 Å². The van der Waals surface area contributed by atoms with Crippen molar-refractivity contribution in [3.05, 3.63) is 34.3 Å². The molecular formula is C8H4BrClN4. The van der Waals surface area contributed by atoms with Crippen LogP contribution in [0, 0.1) is 0 Å². The fraction of sp³-hybridized carbons (Fsp3) is 0. The zero-order chi connectivity index (χ0) is 9.97. The molecule has 0 bridgehead atoms. The fourth-order valence-electron chi connectivity index (χ4n) is 0.918. The predicted molar refractivity (Wildman–Crippen MR) is 55.8 cm³/mol. The van der Waals surface area contributed by atoms with Crippen LogP contribution in [0.3, 0.4) is 0 Å². The third-order valence-corrected chi connectivity index (χ3v) is 2.10. The van der Waals surface area contributed by atoms with Crippen LogP contribution in [0.5, 0.6) is 0 Å². The molecule has 0 atom stereocenters. The monoisotopic (exact) mass is 270 g/mol. The van der Waals surface area contributed by atoms with Crippen molar-refractivity contribution in [2.45, 2.75) is 0 Å². The molecule has 0 fully saturated rings. The quantitative estimate of drug-likeness (QED) is 0.799. The number of nitrogens with zero attached hydrogens (tertiary/aromatic N) is 4. The minimum atomic E-state index is 0.340. The van der Waals surface area contributed by atoms with Gasteiger partial charge in [-0.3, -0.25) is 4.98 Å². The van der Waals surface area contributed by atoms with E-state index in [-0.39, 0.29) is 0 Å². The number of hydrogen-bond donors (Lipinski definition) is 0. The normalized spacial score (nSPS) is 10.1. The van der Waals surface area contributed by atoms with Crippen molar-refractivity contribution < 1.29 is 0 Å². The largest absolute Gasteiger partial charge is 0.259 e. The molecule has 0 saturated carbocycles. The van der Waals surface area contributed by atoms with Crippen molar-refractivity contribution in [3.8, 4) is 11.4 Å². The molecular weight excluding hydrogens is 267 g/mol. The maximum atomic E-state index is 5.69. The highest BCUT2D eigenvalue weighted by Gasteiger charge is 2.02. The highest BCUT2D eigenvalue weighted by molar-refractivity contribution is 9.10. The lowest BCUT2D eigenvalue weighted by Gasteiger charge is -1.97. The zero-order valence-corrected chi connectivity index (χ0v) is 9.20. The predicted octanol–water partition coefficient (Wildman–Crippen LogP) is 2.35. The molecule has 2 aromatic heterocycles. The summed E-state index contributed by atoms with van der Waals surface area (Å²) in [4.78, 5) is 7.97. The minimum Gasteiger partial charge on any atom is -0.259 e. The van der Waals surface area contributed by atoms with Crippen LogP contribution in [-0.4, -0.2) is 20.2 Å². The molecule has 14 heavy (non-hydrogen) atoms. The Labute approximate surface area is 93.5 Å². The van der Waals surface area contributed by atoms with E-state index in [0.717, 1.165) is 0 Å². The SMILES string of the molecule is Clc1cncc(-c2ccc(Br)nn2)n1. The van der Waals surface area contributed by atoms with Gasteiger partial charge in [-0.15, -0.1) is 10.2 Å². The summed E-state index contributed by atoms with van der Waals surface area (Å²) in [5.74, 6) is 0. The highest BCUT2D eigenvalue weighted by atomic mass is 79.9. The Morgan fingerprint density at radius 1 is 1.07 bits per heavy atom. The molecule has 0 aliphatic carbocycles. The van der Waals surface area contributed by atoms with Gasteiger partial charge in [0.25, 0.3) is 0 Å². The van der Waals surface area contributed by atoms with E-state index in [1.807, 2.05) is 0 Å². The van der Waals surface area contributed by atoms with E-state index < -0.39 is 0 Å². The van der Waals surface area contributed by atoms with Crippen LogP contribution in [0.2, 0.25) is 5.15 Å². The lowest BCUT2D eigenvalue weighted by Crippen LogP contribution is -1.91. The van der Waals surface area contributed by atoms with E-state index in [0.29, 0.717) is 21.1 Å². The Kier molecular flexibility index (Phi) is 2.69. The second-order valence-corrected chi connectivity index (χ2v) is 3.67. The third kappa shape index (κ3) is 2.05. The van der Waals surface area contributed by atoms with Gasteiger partial charge in [-0.2, -0.15) is 0 Å². The van der Waals surface area contributed by atoms with Crippen molar-refractivity contribution in [2.75, 3.05) is 0 Å². The van der Waals surface area contributed by atoms with Crippen molar-refractivity contribution in [2.24, 2.45) is 0 Å². The molecule has 70 valence electrons. The number of aromatic nitrogens is 4. The topological polar surface area (TPSA) is 51.6 Å².